The first kappa shape index (κ1) is 18.4. The Bertz CT molecular complexity index is 846. The smallest absolute Gasteiger partial charge is 0.0946 e. The lowest BCUT2D eigenvalue weighted by Crippen LogP contribution is -2.09. The number of aromatic nitrogens is 2. The van der Waals surface area contributed by atoms with Gasteiger partial charge in [0.25, 0.3) is 0 Å². The van der Waals surface area contributed by atoms with Crippen molar-refractivity contribution in [2.45, 2.75) is 16.7 Å². The lowest BCUT2D eigenvalue weighted by Gasteiger charge is -2.14. The van der Waals surface area contributed by atoms with E-state index in [0.29, 0.717) is 10.0 Å². The molecule has 0 spiro atoms. The summed E-state index contributed by atoms with van der Waals surface area (Å²) in [6.07, 6.45) is 9.83. The highest BCUT2D eigenvalue weighted by atomic mass is 35.5. The van der Waals surface area contributed by atoms with E-state index in [1.807, 2.05) is 55.0 Å². The molecular formula is C19H15Cl3N2S. The highest BCUT2D eigenvalue weighted by Gasteiger charge is 2.10. The molecule has 6 heteroatoms. The quantitative estimate of drug-likeness (QED) is 0.421. The molecule has 0 amide bonds. The number of thioether (sulfide) groups is 1. The molecule has 1 unspecified atom stereocenters. The van der Waals surface area contributed by atoms with Crippen molar-refractivity contribution in [2.75, 3.05) is 0 Å². The fourth-order valence-electron chi connectivity index (χ4n) is 2.26. The molecule has 2 aromatic carbocycles. The molecule has 0 saturated carbocycles. The Hall–Kier alpha value is -1.39. The standard InChI is InChI=1S/C19H15Cl3N2S/c20-15-4-1-14(2-5-15)3-6-17(12-24-10-9-23-13-24)25-16-7-8-18(21)19(22)11-16/h1-11,13,17H,12H2/b6-3+. The molecule has 3 aromatic rings. The number of hydrogen-bond donors (Lipinski definition) is 0. The van der Waals surface area contributed by atoms with E-state index in [2.05, 4.69) is 21.7 Å². The molecular weight excluding hydrogens is 395 g/mol. The summed E-state index contributed by atoms with van der Waals surface area (Å²) in [6, 6.07) is 13.5. The van der Waals surface area contributed by atoms with Gasteiger partial charge in [-0.25, -0.2) is 4.98 Å². The third kappa shape index (κ3) is 5.55. The third-order valence-electron chi connectivity index (χ3n) is 3.50. The summed E-state index contributed by atoms with van der Waals surface area (Å²) in [4.78, 5) is 5.18. The Morgan fingerprint density at radius 3 is 2.52 bits per heavy atom. The van der Waals surface area contributed by atoms with E-state index in [9.17, 15) is 0 Å². The van der Waals surface area contributed by atoms with Gasteiger partial charge in [0.15, 0.2) is 0 Å². The third-order valence-corrected chi connectivity index (χ3v) is 5.63. The zero-order chi connectivity index (χ0) is 17.6. The van der Waals surface area contributed by atoms with Crippen molar-refractivity contribution >= 4 is 52.6 Å². The predicted molar refractivity (Wildman–Crippen MR) is 109 cm³/mol. The Labute approximate surface area is 166 Å². The van der Waals surface area contributed by atoms with Crippen LogP contribution >= 0.6 is 46.6 Å². The highest BCUT2D eigenvalue weighted by Crippen LogP contribution is 2.31. The summed E-state index contributed by atoms with van der Waals surface area (Å²) in [7, 11) is 0. The van der Waals surface area contributed by atoms with Gasteiger partial charge >= 0.3 is 0 Å². The van der Waals surface area contributed by atoms with Crippen LogP contribution in [0.5, 0.6) is 0 Å². The van der Waals surface area contributed by atoms with E-state index < -0.39 is 0 Å². The molecule has 0 saturated heterocycles. The van der Waals surface area contributed by atoms with E-state index in [-0.39, 0.29) is 5.25 Å². The second kappa shape index (κ2) is 8.81. The second-order valence-corrected chi connectivity index (χ2v) is 7.97. The number of rotatable bonds is 6. The molecule has 1 atom stereocenters. The normalized spacial score (nSPS) is 12.6. The summed E-state index contributed by atoms with van der Waals surface area (Å²) in [5.74, 6) is 0. The van der Waals surface area contributed by atoms with Crippen LogP contribution in [0.25, 0.3) is 6.08 Å². The summed E-state index contributed by atoms with van der Waals surface area (Å²) in [5, 5.41) is 2.07. The summed E-state index contributed by atoms with van der Waals surface area (Å²) >= 11 is 19.8. The molecule has 1 aromatic heterocycles. The van der Waals surface area contributed by atoms with Gasteiger partial charge in [-0.05, 0) is 35.9 Å². The van der Waals surface area contributed by atoms with Crippen LogP contribution in [0.1, 0.15) is 5.56 Å². The molecule has 0 bridgehead atoms. The van der Waals surface area contributed by atoms with Crippen molar-refractivity contribution in [3.63, 3.8) is 0 Å². The van der Waals surface area contributed by atoms with Crippen molar-refractivity contribution in [1.29, 1.82) is 0 Å². The second-order valence-electron chi connectivity index (χ2n) is 5.40. The van der Waals surface area contributed by atoms with Gasteiger partial charge in [0.05, 0.1) is 16.4 Å². The Morgan fingerprint density at radius 1 is 1.04 bits per heavy atom. The van der Waals surface area contributed by atoms with Crippen molar-refractivity contribution in [3.05, 3.63) is 87.9 Å². The number of hydrogen-bond acceptors (Lipinski definition) is 2. The fourth-order valence-corrected chi connectivity index (χ4v) is 3.83. The van der Waals surface area contributed by atoms with Gasteiger partial charge < -0.3 is 4.57 Å². The van der Waals surface area contributed by atoms with E-state index in [0.717, 1.165) is 22.0 Å². The van der Waals surface area contributed by atoms with E-state index >= 15 is 0 Å². The number of halogens is 3. The molecule has 0 aliphatic heterocycles. The van der Waals surface area contributed by atoms with E-state index in [4.69, 9.17) is 34.8 Å². The monoisotopic (exact) mass is 408 g/mol. The molecule has 2 nitrogen and oxygen atoms in total. The average molecular weight is 410 g/mol. The molecule has 0 aliphatic carbocycles. The van der Waals surface area contributed by atoms with Crippen LogP contribution in [0, 0.1) is 0 Å². The van der Waals surface area contributed by atoms with E-state index in [1.165, 1.54) is 0 Å². The van der Waals surface area contributed by atoms with Gasteiger partial charge in [0, 0.05) is 34.1 Å². The van der Waals surface area contributed by atoms with Gasteiger partial charge in [-0.15, -0.1) is 11.8 Å². The van der Waals surface area contributed by atoms with Gasteiger partial charge in [-0.3, -0.25) is 0 Å². The van der Waals surface area contributed by atoms with Gasteiger partial charge in [-0.2, -0.15) is 0 Å². The minimum atomic E-state index is 0.210. The Kier molecular flexibility index (Phi) is 6.49. The first-order valence-corrected chi connectivity index (χ1v) is 9.63. The maximum absolute atomic E-state index is 6.14. The highest BCUT2D eigenvalue weighted by molar-refractivity contribution is 8.00. The summed E-state index contributed by atoms with van der Waals surface area (Å²) in [5.41, 5.74) is 1.11. The van der Waals surface area contributed by atoms with Crippen molar-refractivity contribution < 1.29 is 0 Å². The van der Waals surface area contributed by atoms with E-state index in [1.54, 1.807) is 18.0 Å². The molecule has 3 rings (SSSR count). The number of benzene rings is 2. The zero-order valence-corrected chi connectivity index (χ0v) is 16.2. The summed E-state index contributed by atoms with van der Waals surface area (Å²) < 4.78 is 2.06. The minimum absolute atomic E-state index is 0.210. The SMILES string of the molecule is Clc1ccc(/C=C/C(Cn2ccnc2)Sc2ccc(Cl)c(Cl)c2)cc1. The first-order chi connectivity index (χ1) is 12.1. The fraction of sp³-hybridized carbons (Fsp3) is 0.105. The van der Waals surface area contributed by atoms with Crippen molar-refractivity contribution in [1.82, 2.24) is 9.55 Å². The maximum Gasteiger partial charge on any atom is 0.0946 e. The van der Waals surface area contributed by atoms with Crippen LogP contribution in [0.4, 0.5) is 0 Å². The molecule has 25 heavy (non-hydrogen) atoms. The lowest BCUT2D eigenvalue weighted by molar-refractivity contribution is 0.720. The predicted octanol–water partition coefficient (Wildman–Crippen LogP) is 6.72. The van der Waals surface area contributed by atoms with Gasteiger partial charge in [0.1, 0.15) is 0 Å². The molecule has 128 valence electrons. The minimum Gasteiger partial charge on any atom is -0.336 e. The average Bonchev–Trinajstić information content (AvgIpc) is 3.10. The van der Waals surface area contributed by atoms with Crippen LogP contribution in [-0.2, 0) is 6.54 Å². The van der Waals surface area contributed by atoms with Crippen LogP contribution in [0.15, 0.2) is 72.2 Å². The molecule has 0 fully saturated rings. The van der Waals surface area contributed by atoms with Crippen LogP contribution in [0.2, 0.25) is 15.1 Å². The van der Waals surface area contributed by atoms with Crippen LogP contribution in [0.3, 0.4) is 0 Å². The maximum atomic E-state index is 6.14. The molecule has 0 N–H and O–H groups in total. The van der Waals surface area contributed by atoms with Crippen LogP contribution < -0.4 is 0 Å². The Balaban J connectivity index is 1.78. The first-order valence-electron chi connectivity index (χ1n) is 7.61. The van der Waals surface area contributed by atoms with Crippen molar-refractivity contribution in [3.8, 4) is 0 Å². The zero-order valence-electron chi connectivity index (χ0n) is 13.1. The summed E-state index contributed by atoms with van der Waals surface area (Å²) in [6.45, 7) is 0.801. The van der Waals surface area contributed by atoms with Crippen molar-refractivity contribution in [2.24, 2.45) is 0 Å². The van der Waals surface area contributed by atoms with Crippen LogP contribution in [-0.4, -0.2) is 14.8 Å². The molecule has 0 aliphatic rings. The number of imidazole rings is 1. The Morgan fingerprint density at radius 2 is 1.84 bits per heavy atom. The molecule has 0 radical (unpaired) electrons. The largest absolute Gasteiger partial charge is 0.336 e. The molecule has 1 heterocycles. The number of nitrogens with zero attached hydrogens (tertiary/aromatic N) is 2. The topological polar surface area (TPSA) is 17.8 Å². The van der Waals surface area contributed by atoms with Gasteiger partial charge in [0.2, 0.25) is 0 Å². The lowest BCUT2D eigenvalue weighted by atomic mass is 10.2. The van der Waals surface area contributed by atoms with Gasteiger partial charge in [-0.1, -0.05) is 59.1 Å².